The molecule has 0 aromatic heterocycles. The third-order valence-corrected chi connectivity index (χ3v) is 10.6. The molecule has 0 unspecified atom stereocenters. The average Bonchev–Trinajstić information content (AvgIpc) is 3.37. The molecule has 0 fully saturated rings. The third-order valence-electron chi connectivity index (χ3n) is 10.6. The summed E-state index contributed by atoms with van der Waals surface area (Å²) in [5.41, 5.74) is -3.52. The van der Waals surface area contributed by atoms with Gasteiger partial charge in [-0.1, -0.05) is 120 Å². The Morgan fingerprint density at radius 3 is 0.847 bits per heavy atom. The van der Waals surface area contributed by atoms with Crippen molar-refractivity contribution in [2.24, 2.45) is 0 Å². The first-order chi connectivity index (χ1) is 34.6. The highest BCUT2D eigenvalue weighted by Gasteiger charge is 2.40. The number of nitrogens with one attached hydrogen (secondary N) is 2. The van der Waals surface area contributed by atoms with Crippen molar-refractivity contribution in [2.45, 2.75) is 12.4 Å². The molecule has 0 aliphatic rings. The molecule has 72 heavy (non-hydrogen) atoms. The Morgan fingerprint density at radius 1 is 0.347 bits per heavy atom. The van der Waals surface area contributed by atoms with E-state index in [-0.39, 0.29) is 23.3 Å². The zero-order chi connectivity index (χ0) is 50.8. The SMILES string of the molecule is O=C(Nc1cc(-c2cc(NC(=O)c3cc(C#Cc4ccccc4)cc(C#Cc4ccccc4)c3)c(O)cc2C(F)(F)F)c(C(F)(F)F)cc1O)c1cc(C#Cc2ccccc2)cc(C#Cc2ccccc2)c1. The molecule has 8 aromatic carbocycles. The van der Waals surface area contributed by atoms with Crippen molar-refractivity contribution < 1.29 is 46.1 Å². The van der Waals surface area contributed by atoms with Gasteiger partial charge in [-0.2, -0.15) is 26.3 Å². The lowest BCUT2D eigenvalue weighted by molar-refractivity contribution is -0.139. The van der Waals surface area contributed by atoms with E-state index < -0.39 is 69.3 Å². The molecule has 0 heterocycles. The Morgan fingerprint density at radius 2 is 0.597 bits per heavy atom. The number of aromatic hydroxyl groups is 2. The minimum atomic E-state index is -5.38. The van der Waals surface area contributed by atoms with Crippen molar-refractivity contribution in [3.05, 3.63) is 249 Å². The number of hydrogen-bond acceptors (Lipinski definition) is 4. The van der Waals surface area contributed by atoms with Gasteiger partial charge in [0.25, 0.3) is 11.8 Å². The molecule has 6 nitrogen and oxygen atoms in total. The van der Waals surface area contributed by atoms with Crippen LogP contribution in [-0.4, -0.2) is 22.0 Å². The summed E-state index contributed by atoms with van der Waals surface area (Å²) in [7, 11) is 0. The highest BCUT2D eigenvalue weighted by molar-refractivity contribution is 6.07. The van der Waals surface area contributed by atoms with Crippen molar-refractivity contribution in [3.8, 4) is 70.0 Å². The minimum Gasteiger partial charge on any atom is -0.506 e. The smallest absolute Gasteiger partial charge is 0.417 e. The summed E-state index contributed by atoms with van der Waals surface area (Å²) in [4.78, 5) is 28.0. The number of hydrogen-bond donors (Lipinski definition) is 4. The number of amides is 2. The standard InChI is InChI=1S/C60H34F6N2O4/c61-59(62,63)51-37-55(69)53(67-57(71)47-31-43(25-21-39-13-5-1-6-14-39)29-44(32-47)26-22-40-15-7-2-8-16-40)35-49(51)50-36-54(56(70)38-52(50)60(64,65)66)68-58(72)48-33-45(27-23-41-17-9-3-10-18-41)30-46(34-48)28-24-42-19-11-4-12-20-42/h1-20,29-38,69-70H,(H,67,71)(H,68,72). The van der Waals surface area contributed by atoms with Crippen LogP contribution in [0.25, 0.3) is 11.1 Å². The maximum Gasteiger partial charge on any atom is 0.417 e. The molecular formula is C60H34F6N2O4. The molecule has 4 N–H and O–H groups in total. The van der Waals surface area contributed by atoms with Crippen molar-refractivity contribution in [2.75, 3.05) is 10.6 Å². The topological polar surface area (TPSA) is 98.7 Å². The number of carbonyl (C=O) groups is 2. The Hall–Kier alpha value is -9.88. The van der Waals surface area contributed by atoms with Gasteiger partial charge in [0.2, 0.25) is 0 Å². The van der Waals surface area contributed by atoms with Crippen LogP contribution >= 0.6 is 0 Å². The van der Waals surface area contributed by atoms with Gasteiger partial charge >= 0.3 is 12.4 Å². The van der Waals surface area contributed by atoms with E-state index in [2.05, 4.69) is 58.0 Å². The van der Waals surface area contributed by atoms with Crippen LogP contribution in [0.5, 0.6) is 11.5 Å². The van der Waals surface area contributed by atoms with Crippen molar-refractivity contribution in [1.29, 1.82) is 0 Å². The van der Waals surface area contributed by atoms with Crippen molar-refractivity contribution in [3.63, 3.8) is 0 Å². The second-order valence-electron chi connectivity index (χ2n) is 15.8. The van der Waals surface area contributed by atoms with Crippen LogP contribution in [0.15, 0.2) is 182 Å². The van der Waals surface area contributed by atoms with Crippen molar-refractivity contribution in [1.82, 2.24) is 0 Å². The monoisotopic (exact) mass is 960 g/mol. The second kappa shape index (κ2) is 21.2. The summed E-state index contributed by atoms with van der Waals surface area (Å²) in [6.07, 6.45) is -10.8. The summed E-state index contributed by atoms with van der Waals surface area (Å²) in [5, 5.41) is 26.6. The van der Waals surface area contributed by atoms with Gasteiger partial charge in [0, 0.05) is 55.6 Å². The maximum absolute atomic E-state index is 14.9. The van der Waals surface area contributed by atoms with Crippen LogP contribution in [0.1, 0.15) is 76.4 Å². The molecular weight excluding hydrogens is 927 g/mol. The van der Waals surface area contributed by atoms with Gasteiger partial charge in [-0.05, 0) is 120 Å². The average molecular weight is 961 g/mol. The summed E-state index contributed by atoms with van der Waals surface area (Å²) in [5.74, 6) is 19.6. The number of alkyl halides is 6. The van der Waals surface area contributed by atoms with Crippen LogP contribution in [-0.2, 0) is 12.4 Å². The van der Waals surface area contributed by atoms with E-state index in [1.54, 1.807) is 109 Å². The Balaban J connectivity index is 1.18. The van der Waals surface area contributed by atoms with Crippen LogP contribution in [0.2, 0.25) is 0 Å². The zero-order valence-electron chi connectivity index (χ0n) is 37.3. The lowest BCUT2D eigenvalue weighted by Crippen LogP contribution is -2.16. The fraction of sp³-hybridized carbons (Fsp3) is 0.0333. The molecule has 0 bridgehead atoms. The zero-order valence-corrected chi connectivity index (χ0v) is 37.3. The fourth-order valence-electron chi connectivity index (χ4n) is 7.15. The summed E-state index contributed by atoms with van der Waals surface area (Å²) >= 11 is 0. The third kappa shape index (κ3) is 12.4. The molecule has 350 valence electrons. The predicted octanol–water partition coefficient (Wildman–Crippen LogP) is 12.9. The first-order valence-electron chi connectivity index (χ1n) is 21.7. The van der Waals surface area contributed by atoms with E-state index in [0.29, 0.717) is 56.6 Å². The lowest BCUT2D eigenvalue weighted by Gasteiger charge is -2.21. The number of benzene rings is 8. The van der Waals surface area contributed by atoms with Gasteiger partial charge in [-0.15, -0.1) is 0 Å². The van der Waals surface area contributed by atoms with Gasteiger partial charge in [0.05, 0.1) is 22.5 Å². The summed E-state index contributed by atoms with van der Waals surface area (Å²) < 4.78 is 89.2. The number of rotatable bonds is 5. The van der Waals surface area contributed by atoms with E-state index in [0.717, 1.165) is 0 Å². The normalized spacial score (nSPS) is 10.7. The number of phenols is 2. The molecule has 8 rings (SSSR count). The molecule has 8 aromatic rings. The number of anilines is 2. The highest BCUT2D eigenvalue weighted by atomic mass is 19.4. The van der Waals surface area contributed by atoms with E-state index in [4.69, 9.17) is 0 Å². The lowest BCUT2D eigenvalue weighted by atomic mass is 9.92. The highest BCUT2D eigenvalue weighted by Crippen LogP contribution is 2.48. The first kappa shape index (κ1) is 48.6. The maximum atomic E-state index is 14.9. The van der Waals surface area contributed by atoms with Crippen LogP contribution in [0.4, 0.5) is 37.7 Å². The van der Waals surface area contributed by atoms with E-state index in [1.165, 1.54) is 24.3 Å². The second-order valence-corrected chi connectivity index (χ2v) is 15.8. The van der Waals surface area contributed by atoms with Crippen molar-refractivity contribution >= 4 is 23.2 Å². The van der Waals surface area contributed by atoms with E-state index in [1.807, 2.05) is 24.3 Å². The molecule has 0 aliphatic heterocycles. The molecule has 0 spiro atoms. The number of carbonyl (C=O) groups excluding carboxylic acids is 2. The van der Waals surface area contributed by atoms with Gasteiger partial charge < -0.3 is 20.8 Å². The van der Waals surface area contributed by atoms with Crippen LogP contribution in [0, 0.1) is 47.4 Å². The molecule has 0 saturated heterocycles. The minimum absolute atomic E-state index is 0.108. The summed E-state index contributed by atoms with van der Waals surface area (Å²) in [6, 6.07) is 45.8. The van der Waals surface area contributed by atoms with E-state index in [9.17, 15) is 46.1 Å². The van der Waals surface area contributed by atoms with E-state index >= 15 is 0 Å². The van der Waals surface area contributed by atoms with Crippen LogP contribution in [0.3, 0.4) is 0 Å². The summed E-state index contributed by atoms with van der Waals surface area (Å²) in [6.45, 7) is 0. The molecule has 0 saturated carbocycles. The Bertz CT molecular complexity index is 3230. The van der Waals surface area contributed by atoms with Gasteiger partial charge in [-0.25, -0.2) is 0 Å². The van der Waals surface area contributed by atoms with Gasteiger partial charge in [0.1, 0.15) is 11.5 Å². The van der Waals surface area contributed by atoms with Gasteiger partial charge in [0.15, 0.2) is 0 Å². The first-order valence-corrected chi connectivity index (χ1v) is 21.7. The van der Waals surface area contributed by atoms with Gasteiger partial charge in [-0.3, -0.25) is 9.59 Å². The molecule has 0 atom stereocenters. The largest absolute Gasteiger partial charge is 0.506 e. The Labute approximate surface area is 409 Å². The Kier molecular flexibility index (Phi) is 14.3. The van der Waals surface area contributed by atoms with Crippen LogP contribution < -0.4 is 10.6 Å². The molecule has 0 aliphatic carbocycles. The predicted molar refractivity (Wildman–Crippen MR) is 264 cm³/mol. The fourth-order valence-corrected chi connectivity index (χ4v) is 7.15. The molecule has 12 heteroatoms. The number of halogens is 6. The molecule has 0 radical (unpaired) electrons. The molecule has 2 amide bonds. The quantitative estimate of drug-likeness (QED) is 0.0785. The number of phenolic OH excluding ortho intramolecular Hbond substituents is 2.